The van der Waals surface area contributed by atoms with Gasteiger partial charge in [-0.2, -0.15) is 0 Å². The van der Waals surface area contributed by atoms with Crippen LogP contribution in [0, 0.1) is 0 Å². The Kier molecular flexibility index (Phi) is 7.52. The first kappa shape index (κ1) is 32.0. The fourth-order valence-corrected chi connectivity index (χ4v) is 8.54. The van der Waals surface area contributed by atoms with Crippen molar-refractivity contribution in [2.24, 2.45) is 0 Å². The van der Waals surface area contributed by atoms with Gasteiger partial charge in [-0.1, -0.05) is 158 Å². The standard InChI is InChI=1S/C52H34N4/c1-4-15-34(16-5-1)50-53-51(35-17-6-2-7-18-35)55-52(54-50)38-20-12-19-36(31-38)40-24-13-26-42-43-27-14-25-41(46(43)33-45(40)42)37-29-30-49-47(32-37)44-23-10-11-28-48(44)56(49)39-21-8-3-9-22-39/h1-32H,33H2. The Labute approximate surface area is 325 Å². The molecule has 0 radical (unpaired) electrons. The van der Waals surface area contributed by atoms with Gasteiger partial charge in [0.25, 0.3) is 0 Å². The average Bonchev–Trinajstić information content (AvgIpc) is 3.83. The third-order valence-electron chi connectivity index (χ3n) is 11.1. The van der Waals surface area contributed by atoms with Gasteiger partial charge in [0.05, 0.1) is 11.0 Å². The van der Waals surface area contributed by atoms with E-state index in [9.17, 15) is 0 Å². The van der Waals surface area contributed by atoms with E-state index < -0.39 is 0 Å². The minimum Gasteiger partial charge on any atom is -0.309 e. The predicted molar refractivity (Wildman–Crippen MR) is 230 cm³/mol. The number of hydrogen-bond acceptors (Lipinski definition) is 3. The summed E-state index contributed by atoms with van der Waals surface area (Å²) in [7, 11) is 0. The second-order valence-electron chi connectivity index (χ2n) is 14.4. The molecule has 0 saturated carbocycles. The molecule has 8 aromatic carbocycles. The van der Waals surface area contributed by atoms with Crippen LogP contribution in [0.15, 0.2) is 194 Å². The van der Waals surface area contributed by atoms with Crippen molar-refractivity contribution in [2.75, 3.05) is 0 Å². The summed E-state index contributed by atoms with van der Waals surface area (Å²) >= 11 is 0. The second-order valence-corrected chi connectivity index (χ2v) is 14.4. The maximum atomic E-state index is 5.02. The van der Waals surface area contributed by atoms with Gasteiger partial charge in [-0.25, -0.2) is 15.0 Å². The zero-order valence-electron chi connectivity index (χ0n) is 30.5. The van der Waals surface area contributed by atoms with E-state index in [-0.39, 0.29) is 0 Å². The van der Waals surface area contributed by atoms with E-state index in [2.05, 4.69) is 138 Å². The molecule has 0 N–H and O–H groups in total. The van der Waals surface area contributed by atoms with Crippen molar-refractivity contribution < 1.29 is 0 Å². The van der Waals surface area contributed by atoms with Crippen LogP contribution in [0.1, 0.15) is 11.1 Å². The van der Waals surface area contributed by atoms with Gasteiger partial charge in [0.2, 0.25) is 0 Å². The first-order valence-corrected chi connectivity index (χ1v) is 19.1. The molecule has 0 unspecified atom stereocenters. The lowest BCUT2D eigenvalue weighted by Gasteiger charge is -2.12. The summed E-state index contributed by atoms with van der Waals surface area (Å²) in [5.74, 6) is 1.97. The normalized spacial score (nSPS) is 11.9. The number of nitrogens with zero attached hydrogens (tertiary/aromatic N) is 4. The predicted octanol–water partition coefficient (Wildman–Crippen LogP) is 12.9. The molecule has 0 atom stereocenters. The van der Waals surface area contributed by atoms with Gasteiger partial charge in [0.15, 0.2) is 17.5 Å². The van der Waals surface area contributed by atoms with Crippen LogP contribution in [-0.4, -0.2) is 19.5 Å². The topological polar surface area (TPSA) is 43.6 Å². The number of hydrogen-bond donors (Lipinski definition) is 0. The Morgan fingerprint density at radius 3 is 1.43 bits per heavy atom. The molecule has 0 saturated heterocycles. The molecule has 10 aromatic rings. The van der Waals surface area contributed by atoms with E-state index >= 15 is 0 Å². The van der Waals surface area contributed by atoms with Gasteiger partial charge in [0, 0.05) is 33.2 Å². The van der Waals surface area contributed by atoms with Gasteiger partial charge in [-0.3, -0.25) is 0 Å². The summed E-state index contributed by atoms with van der Waals surface area (Å²) in [6, 6.07) is 68.8. The van der Waals surface area contributed by atoms with Gasteiger partial charge < -0.3 is 4.57 Å². The first-order chi connectivity index (χ1) is 27.8. The summed E-state index contributed by atoms with van der Waals surface area (Å²) in [5, 5.41) is 2.52. The monoisotopic (exact) mass is 714 g/mol. The van der Waals surface area contributed by atoms with E-state index in [0.29, 0.717) is 17.5 Å². The van der Waals surface area contributed by atoms with Crippen molar-refractivity contribution in [2.45, 2.75) is 6.42 Å². The molecule has 4 nitrogen and oxygen atoms in total. The molecule has 1 aliphatic carbocycles. The first-order valence-electron chi connectivity index (χ1n) is 19.1. The van der Waals surface area contributed by atoms with Crippen molar-refractivity contribution in [3.8, 4) is 73.2 Å². The van der Waals surface area contributed by atoms with Gasteiger partial charge in [0.1, 0.15) is 0 Å². The van der Waals surface area contributed by atoms with Gasteiger partial charge in [-0.15, -0.1) is 0 Å². The Bertz CT molecular complexity index is 3040. The molecule has 0 spiro atoms. The summed E-state index contributed by atoms with van der Waals surface area (Å²) in [5.41, 5.74) is 16.7. The van der Waals surface area contributed by atoms with Crippen molar-refractivity contribution in [3.05, 3.63) is 205 Å². The molecule has 56 heavy (non-hydrogen) atoms. The van der Waals surface area contributed by atoms with E-state index in [1.54, 1.807) is 0 Å². The maximum absolute atomic E-state index is 5.02. The number of benzene rings is 8. The van der Waals surface area contributed by atoms with Crippen molar-refractivity contribution in [1.82, 2.24) is 19.5 Å². The largest absolute Gasteiger partial charge is 0.309 e. The van der Waals surface area contributed by atoms with Crippen LogP contribution < -0.4 is 0 Å². The van der Waals surface area contributed by atoms with Crippen LogP contribution in [0.3, 0.4) is 0 Å². The van der Waals surface area contributed by atoms with E-state index in [1.165, 1.54) is 66.4 Å². The highest BCUT2D eigenvalue weighted by Gasteiger charge is 2.25. The van der Waals surface area contributed by atoms with Crippen molar-refractivity contribution in [3.63, 3.8) is 0 Å². The van der Waals surface area contributed by atoms with E-state index in [1.807, 2.05) is 60.7 Å². The minimum atomic E-state index is 0.654. The smallest absolute Gasteiger partial charge is 0.164 e. The summed E-state index contributed by atoms with van der Waals surface area (Å²) in [6.07, 6.45) is 0.854. The van der Waals surface area contributed by atoms with E-state index in [0.717, 1.165) is 28.7 Å². The van der Waals surface area contributed by atoms with Gasteiger partial charge >= 0.3 is 0 Å². The fraction of sp³-hybridized carbons (Fsp3) is 0.0192. The molecule has 1 aliphatic rings. The van der Waals surface area contributed by atoms with Crippen LogP contribution >= 0.6 is 0 Å². The fourth-order valence-electron chi connectivity index (χ4n) is 8.54. The lowest BCUT2D eigenvalue weighted by molar-refractivity contribution is 1.07. The number of para-hydroxylation sites is 2. The summed E-state index contributed by atoms with van der Waals surface area (Å²) in [6.45, 7) is 0. The zero-order valence-corrected chi connectivity index (χ0v) is 30.5. The molecule has 0 bridgehead atoms. The Morgan fingerprint density at radius 1 is 0.321 bits per heavy atom. The average molecular weight is 715 g/mol. The molecule has 0 fully saturated rings. The van der Waals surface area contributed by atoms with E-state index in [4.69, 9.17) is 15.0 Å². The van der Waals surface area contributed by atoms with Crippen LogP contribution in [0.4, 0.5) is 0 Å². The van der Waals surface area contributed by atoms with Crippen LogP contribution in [0.2, 0.25) is 0 Å². The molecule has 4 heteroatoms. The maximum Gasteiger partial charge on any atom is 0.164 e. The molecule has 0 aliphatic heterocycles. The number of aromatic nitrogens is 4. The lowest BCUT2D eigenvalue weighted by atomic mass is 9.94. The van der Waals surface area contributed by atoms with Crippen molar-refractivity contribution in [1.29, 1.82) is 0 Å². The Hall–Kier alpha value is -7.43. The zero-order chi connectivity index (χ0) is 37.0. The second kappa shape index (κ2) is 13.2. The summed E-state index contributed by atoms with van der Waals surface area (Å²) in [4.78, 5) is 14.9. The highest BCUT2D eigenvalue weighted by Crippen LogP contribution is 2.46. The Morgan fingerprint density at radius 2 is 0.786 bits per heavy atom. The van der Waals surface area contributed by atoms with Gasteiger partial charge in [-0.05, 0) is 87.3 Å². The quantitative estimate of drug-likeness (QED) is 0.172. The molecule has 2 heterocycles. The highest BCUT2D eigenvalue weighted by molar-refractivity contribution is 6.10. The molecule has 0 amide bonds. The highest BCUT2D eigenvalue weighted by atomic mass is 15.0. The molecule has 262 valence electrons. The molecular weight excluding hydrogens is 681 g/mol. The third kappa shape index (κ3) is 5.34. The molecule has 11 rings (SSSR count). The lowest BCUT2D eigenvalue weighted by Crippen LogP contribution is -2.00. The number of fused-ring (bicyclic) bond motifs is 6. The van der Waals surface area contributed by atoms with Crippen LogP contribution in [-0.2, 0) is 6.42 Å². The third-order valence-corrected chi connectivity index (χ3v) is 11.1. The van der Waals surface area contributed by atoms with Crippen LogP contribution in [0.5, 0.6) is 0 Å². The number of rotatable bonds is 6. The van der Waals surface area contributed by atoms with Crippen molar-refractivity contribution >= 4 is 21.8 Å². The SMILES string of the molecule is c1ccc(-c2nc(-c3ccccc3)nc(-c3cccc(-c4cccc5c4Cc4c(-c6ccc7c(c6)c6ccccc6n7-c6ccccc6)cccc4-5)c3)n2)cc1. The Balaban J connectivity index is 0.995. The summed E-state index contributed by atoms with van der Waals surface area (Å²) < 4.78 is 2.38. The molecular formula is C52H34N4. The minimum absolute atomic E-state index is 0.654. The molecule has 2 aromatic heterocycles. The van der Waals surface area contributed by atoms with Crippen LogP contribution in [0.25, 0.3) is 95.0 Å².